The Morgan fingerprint density at radius 1 is 1.62 bits per heavy atom. The highest BCUT2D eigenvalue weighted by Gasteiger charge is 2.36. The van der Waals surface area contributed by atoms with Gasteiger partial charge in [0.25, 0.3) is 0 Å². The minimum Gasteiger partial charge on any atom is -0.481 e. The topological polar surface area (TPSA) is 37.3 Å². The zero-order chi connectivity index (χ0) is 10.6. The highest BCUT2D eigenvalue weighted by atomic mass is 16.4. The lowest BCUT2D eigenvalue weighted by Crippen LogP contribution is -2.33. The molecule has 1 unspecified atom stereocenters. The minimum absolute atomic E-state index is 0.0394. The molecule has 0 aromatic carbocycles. The van der Waals surface area contributed by atoms with Crippen LogP contribution in [0.1, 0.15) is 27.2 Å². The molecule has 0 bridgehead atoms. The third-order valence-corrected chi connectivity index (χ3v) is 2.42. The fourth-order valence-electron chi connectivity index (χ4n) is 1.43. The number of hydrogen-bond acceptors (Lipinski definition) is 1. The van der Waals surface area contributed by atoms with Gasteiger partial charge in [-0.15, -0.1) is 6.58 Å². The molecule has 0 radical (unpaired) electrons. The van der Waals surface area contributed by atoms with Gasteiger partial charge >= 0.3 is 5.97 Å². The first-order valence-corrected chi connectivity index (χ1v) is 4.33. The number of carbonyl (C=O) groups is 1. The summed E-state index contributed by atoms with van der Waals surface area (Å²) >= 11 is 0. The van der Waals surface area contributed by atoms with E-state index in [-0.39, 0.29) is 5.92 Å². The molecule has 1 N–H and O–H groups in total. The largest absolute Gasteiger partial charge is 0.481 e. The number of hydrogen-bond donors (Lipinski definition) is 1. The van der Waals surface area contributed by atoms with Crippen molar-refractivity contribution in [3.8, 4) is 0 Å². The van der Waals surface area contributed by atoms with Crippen molar-refractivity contribution in [1.29, 1.82) is 0 Å². The molecule has 74 valence electrons. The lowest BCUT2D eigenvalue weighted by molar-refractivity contribution is -0.149. The quantitative estimate of drug-likeness (QED) is 0.664. The van der Waals surface area contributed by atoms with Gasteiger partial charge in [-0.25, -0.2) is 0 Å². The standard InChI is InChI=1S/C11H18O2/c1-6-7-9(8(2)3)11(4,5)10(12)13/h6,9H,1-2,7H2,3-5H3,(H,12,13). The molecule has 0 amide bonds. The fraction of sp³-hybridized carbons (Fsp3) is 0.545. The van der Waals surface area contributed by atoms with E-state index >= 15 is 0 Å². The van der Waals surface area contributed by atoms with Crippen LogP contribution in [0.25, 0.3) is 0 Å². The van der Waals surface area contributed by atoms with Crippen molar-refractivity contribution in [2.24, 2.45) is 11.3 Å². The van der Waals surface area contributed by atoms with Gasteiger partial charge in [0.15, 0.2) is 0 Å². The predicted molar refractivity (Wildman–Crippen MR) is 54.5 cm³/mol. The molecular weight excluding hydrogens is 164 g/mol. The van der Waals surface area contributed by atoms with Gasteiger partial charge in [-0.3, -0.25) is 4.79 Å². The second-order valence-corrected chi connectivity index (χ2v) is 3.95. The van der Waals surface area contributed by atoms with Crippen LogP contribution in [0.2, 0.25) is 0 Å². The van der Waals surface area contributed by atoms with Crippen LogP contribution in [0, 0.1) is 11.3 Å². The van der Waals surface area contributed by atoms with Crippen LogP contribution in [0.3, 0.4) is 0 Å². The second-order valence-electron chi connectivity index (χ2n) is 3.95. The van der Waals surface area contributed by atoms with Crippen LogP contribution in [0.15, 0.2) is 24.8 Å². The molecule has 13 heavy (non-hydrogen) atoms. The third-order valence-electron chi connectivity index (χ3n) is 2.42. The molecule has 0 aliphatic rings. The summed E-state index contributed by atoms with van der Waals surface area (Å²) in [5.74, 6) is -0.829. The molecule has 0 rings (SSSR count). The van der Waals surface area contributed by atoms with E-state index in [2.05, 4.69) is 13.2 Å². The van der Waals surface area contributed by atoms with Crippen LogP contribution < -0.4 is 0 Å². The first kappa shape index (κ1) is 11.9. The van der Waals surface area contributed by atoms with Crippen LogP contribution in [0.4, 0.5) is 0 Å². The summed E-state index contributed by atoms with van der Waals surface area (Å²) in [5, 5.41) is 9.01. The Balaban J connectivity index is 4.81. The second kappa shape index (κ2) is 4.26. The maximum absolute atomic E-state index is 11.0. The van der Waals surface area contributed by atoms with E-state index in [0.29, 0.717) is 6.42 Å². The Kier molecular flexibility index (Phi) is 3.92. The first-order valence-electron chi connectivity index (χ1n) is 4.33. The van der Waals surface area contributed by atoms with Gasteiger partial charge in [-0.05, 0) is 33.1 Å². The van der Waals surface area contributed by atoms with Gasteiger partial charge in [0.1, 0.15) is 0 Å². The van der Waals surface area contributed by atoms with E-state index in [1.807, 2.05) is 6.92 Å². The minimum atomic E-state index is -0.789. The zero-order valence-electron chi connectivity index (χ0n) is 8.63. The maximum atomic E-state index is 11.0. The van der Waals surface area contributed by atoms with Crippen molar-refractivity contribution in [2.75, 3.05) is 0 Å². The third kappa shape index (κ3) is 2.72. The molecule has 0 fully saturated rings. The van der Waals surface area contributed by atoms with Gasteiger partial charge in [0, 0.05) is 0 Å². The summed E-state index contributed by atoms with van der Waals surface area (Å²) < 4.78 is 0. The van der Waals surface area contributed by atoms with Gasteiger partial charge in [-0.1, -0.05) is 18.2 Å². The summed E-state index contributed by atoms with van der Waals surface area (Å²) in [5.41, 5.74) is 0.132. The number of carboxylic acids is 1. The van der Waals surface area contributed by atoms with E-state index < -0.39 is 11.4 Å². The molecule has 0 aliphatic carbocycles. The van der Waals surface area contributed by atoms with Crippen LogP contribution in [0.5, 0.6) is 0 Å². The monoisotopic (exact) mass is 182 g/mol. The molecular formula is C11H18O2. The Bertz CT molecular complexity index is 226. The molecule has 0 aromatic heterocycles. The average Bonchev–Trinajstić information content (AvgIpc) is 1.98. The molecule has 0 spiro atoms. The average molecular weight is 182 g/mol. The molecule has 0 heterocycles. The van der Waals surface area contributed by atoms with Crippen molar-refractivity contribution in [1.82, 2.24) is 0 Å². The molecule has 0 saturated heterocycles. The van der Waals surface area contributed by atoms with Crippen LogP contribution in [-0.2, 0) is 4.79 Å². The number of allylic oxidation sites excluding steroid dienone is 2. The number of rotatable bonds is 5. The summed E-state index contributed by atoms with van der Waals surface area (Å²) in [4.78, 5) is 11.0. The van der Waals surface area contributed by atoms with Crippen LogP contribution in [-0.4, -0.2) is 11.1 Å². The van der Waals surface area contributed by atoms with Gasteiger partial charge in [-0.2, -0.15) is 0 Å². The van der Waals surface area contributed by atoms with E-state index in [0.717, 1.165) is 5.57 Å². The highest BCUT2D eigenvalue weighted by Crippen LogP contribution is 2.34. The van der Waals surface area contributed by atoms with Crippen molar-refractivity contribution >= 4 is 5.97 Å². The Morgan fingerprint density at radius 3 is 2.31 bits per heavy atom. The van der Waals surface area contributed by atoms with Crippen molar-refractivity contribution in [3.05, 3.63) is 24.8 Å². The number of carboxylic acid groups (broad SMARTS) is 1. The fourth-order valence-corrected chi connectivity index (χ4v) is 1.43. The normalized spacial score (nSPS) is 13.5. The summed E-state index contributed by atoms with van der Waals surface area (Å²) in [6.45, 7) is 12.7. The SMILES string of the molecule is C=CCC(C(=C)C)C(C)(C)C(=O)O. The van der Waals surface area contributed by atoms with Crippen molar-refractivity contribution < 1.29 is 9.90 Å². The van der Waals surface area contributed by atoms with Gasteiger partial charge in [0.05, 0.1) is 5.41 Å². The van der Waals surface area contributed by atoms with E-state index in [1.165, 1.54) is 0 Å². The predicted octanol–water partition coefficient (Wildman–Crippen LogP) is 2.87. The van der Waals surface area contributed by atoms with E-state index in [9.17, 15) is 4.79 Å². The van der Waals surface area contributed by atoms with Crippen molar-refractivity contribution in [3.63, 3.8) is 0 Å². The molecule has 0 saturated carbocycles. The summed E-state index contributed by atoms with van der Waals surface area (Å²) in [7, 11) is 0. The lowest BCUT2D eigenvalue weighted by Gasteiger charge is -2.30. The first-order chi connectivity index (χ1) is 5.84. The lowest BCUT2D eigenvalue weighted by atomic mass is 9.74. The smallest absolute Gasteiger partial charge is 0.309 e. The van der Waals surface area contributed by atoms with Crippen molar-refractivity contribution in [2.45, 2.75) is 27.2 Å². The number of aliphatic carboxylic acids is 1. The molecule has 2 nitrogen and oxygen atoms in total. The Labute approximate surface area is 80.0 Å². The molecule has 0 aromatic rings. The maximum Gasteiger partial charge on any atom is 0.309 e. The molecule has 0 aliphatic heterocycles. The van der Waals surface area contributed by atoms with E-state index in [1.54, 1.807) is 19.9 Å². The van der Waals surface area contributed by atoms with Gasteiger partial charge < -0.3 is 5.11 Å². The summed E-state index contributed by atoms with van der Waals surface area (Å²) in [6, 6.07) is 0. The van der Waals surface area contributed by atoms with Crippen LogP contribution >= 0.6 is 0 Å². The Hall–Kier alpha value is -1.05. The Morgan fingerprint density at radius 2 is 2.08 bits per heavy atom. The summed E-state index contributed by atoms with van der Waals surface area (Å²) in [6.07, 6.45) is 2.40. The molecule has 2 heteroatoms. The zero-order valence-corrected chi connectivity index (χ0v) is 8.63. The molecule has 1 atom stereocenters. The van der Waals surface area contributed by atoms with Gasteiger partial charge in [0.2, 0.25) is 0 Å². The van der Waals surface area contributed by atoms with E-state index in [4.69, 9.17) is 5.11 Å². The highest BCUT2D eigenvalue weighted by molar-refractivity contribution is 5.74.